The summed E-state index contributed by atoms with van der Waals surface area (Å²) in [7, 11) is -1.62. The SMILES string of the molecule is C=C(CNC(=O)OC(C)(C)C)B(O)O. The molecule has 0 aromatic rings. The van der Waals surface area contributed by atoms with E-state index < -0.39 is 18.8 Å². The van der Waals surface area contributed by atoms with Gasteiger partial charge < -0.3 is 20.1 Å². The highest BCUT2D eigenvalue weighted by Crippen LogP contribution is 2.06. The lowest BCUT2D eigenvalue weighted by Gasteiger charge is -2.19. The standard InChI is InChI=1S/C8H16BNO4/c1-6(9(12)13)5-10-7(11)14-8(2,3)4/h12-13H,1,5H2,2-4H3,(H,10,11). The lowest BCUT2D eigenvalue weighted by atomic mass is 9.81. The largest absolute Gasteiger partial charge is 0.485 e. The lowest BCUT2D eigenvalue weighted by Crippen LogP contribution is -2.35. The third kappa shape index (κ3) is 6.50. The molecule has 0 heterocycles. The maximum atomic E-state index is 11.0. The van der Waals surface area contributed by atoms with E-state index in [0.29, 0.717) is 0 Å². The summed E-state index contributed by atoms with van der Waals surface area (Å²) < 4.78 is 4.91. The van der Waals surface area contributed by atoms with E-state index in [0.717, 1.165) is 0 Å². The molecule has 0 fully saturated rings. The number of carbonyl (C=O) groups excluding carboxylic acids is 1. The Labute approximate surface area is 83.9 Å². The molecule has 5 nitrogen and oxygen atoms in total. The molecule has 0 radical (unpaired) electrons. The normalized spacial score (nSPS) is 10.6. The van der Waals surface area contributed by atoms with Gasteiger partial charge in [-0.05, 0) is 26.2 Å². The van der Waals surface area contributed by atoms with E-state index in [9.17, 15) is 4.79 Å². The van der Waals surface area contributed by atoms with Crippen LogP contribution in [-0.4, -0.2) is 35.4 Å². The molecular weight excluding hydrogens is 185 g/mol. The Morgan fingerprint density at radius 2 is 2.00 bits per heavy atom. The van der Waals surface area contributed by atoms with Crippen molar-refractivity contribution in [3.8, 4) is 0 Å². The van der Waals surface area contributed by atoms with Crippen LogP contribution in [-0.2, 0) is 4.74 Å². The van der Waals surface area contributed by atoms with E-state index >= 15 is 0 Å². The van der Waals surface area contributed by atoms with E-state index in [-0.39, 0.29) is 12.0 Å². The first-order chi connectivity index (χ1) is 6.22. The van der Waals surface area contributed by atoms with Crippen LogP contribution in [0.25, 0.3) is 0 Å². The molecule has 0 aliphatic rings. The average molecular weight is 201 g/mol. The molecule has 0 aliphatic heterocycles. The topological polar surface area (TPSA) is 78.8 Å². The molecule has 80 valence electrons. The van der Waals surface area contributed by atoms with Crippen LogP contribution in [0.15, 0.2) is 12.1 Å². The molecule has 6 heteroatoms. The van der Waals surface area contributed by atoms with Gasteiger partial charge in [0.2, 0.25) is 0 Å². The van der Waals surface area contributed by atoms with Gasteiger partial charge in [-0.3, -0.25) is 0 Å². The molecule has 0 atom stereocenters. The number of nitrogens with one attached hydrogen (secondary N) is 1. The van der Waals surface area contributed by atoms with Crippen LogP contribution in [0.2, 0.25) is 0 Å². The first-order valence-corrected chi connectivity index (χ1v) is 4.23. The van der Waals surface area contributed by atoms with Crippen molar-refractivity contribution in [2.45, 2.75) is 26.4 Å². The van der Waals surface area contributed by atoms with Crippen molar-refractivity contribution in [3.05, 3.63) is 12.1 Å². The Bertz CT molecular complexity index is 222. The number of alkyl carbamates (subject to hydrolysis) is 1. The average Bonchev–Trinajstić information content (AvgIpc) is 1.96. The van der Waals surface area contributed by atoms with E-state index in [1.807, 2.05) is 0 Å². The summed E-state index contributed by atoms with van der Waals surface area (Å²) in [6.45, 7) is 8.55. The van der Waals surface area contributed by atoms with Crippen LogP contribution in [0.3, 0.4) is 0 Å². The predicted molar refractivity (Wildman–Crippen MR) is 53.6 cm³/mol. The van der Waals surface area contributed by atoms with E-state index in [2.05, 4.69) is 11.9 Å². The van der Waals surface area contributed by atoms with Crippen LogP contribution in [0.4, 0.5) is 4.79 Å². The molecular formula is C8H16BNO4. The summed E-state index contributed by atoms with van der Waals surface area (Å²) in [5.74, 6) is 0. The fourth-order valence-corrected chi connectivity index (χ4v) is 0.591. The Morgan fingerprint density at radius 3 is 2.36 bits per heavy atom. The third-order valence-electron chi connectivity index (χ3n) is 1.22. The van der Waals surface area contributed by atoms with Crippen molar-refractivity contribution in [3.63, 3.8) is 0 Å². The molecule has 0 spiro atoms. The van der Waals surface area contributed by atoms with Gasteiger partial charge in [0.05, 0.1) is 0 Å². The molecule has 0 bridgehead atoms. The zero-order valence-corrected chi connectivity index (χ0v) is 8.70. The van der Waals surface area contributed by atoms with Crippen molar-refractivity contribution in [1.29, 1.82) is 0 Å². The summed E-state index contributed by atoms with van der Waals surface area (Å²) in [5, 5.41) is 19.6. The Hall–Kier alpha value is -1.01. The fraction of sp³-hybridized carbons (Fsp3) is 0.625. The van der Waals surface area contributed by atoms with Crippen LogP contribution in [0.1, 0.15) is 20.8 Å². The first-order valence-electron chi connectivity index (χ1n) is 4.23. The fourth-order valence-electron chi connectivity index (χ4n) is 0.591. The second kappa shape index (κ2) is 5.02. The minimum absolute atomic E-state index is 0.0212. The summed E-state index contributed by atoms with van der Waals surface area (Å²) in [5.41, 5.74) is -0.459. The highest BCUT2D eigenvalue weighted by Gasteiger charge is 2.17. The van der Waals surface area contributed by atoms with E-state index in [1.54, 1.807) is 20.8 Å². The third-order valence-corrected chi connectivity index (χ3v) is 1.22. The van der Waals surface area contributed by atoms with Crippen LogP contribution < -0.4 is 5.32 Å². The van der Waals surface area contributed by atoms with E-state index in [4.69, 9.17) is 14.8 Å². The number of hydrogen-bond acceptors (Lipinski definition) is 4. The summed E-state index contributed by atoms with van der Waals surface area (Å²) in [6.07, 6.45) is -0.612. The maximum Gasteiger partial charge on any atom is 0.485 e. The van der Waals surface area contributed by atoms with Gasteiger partial charge in [0, 0.05) is 6.54 Å². The van der Waals surface area contributed by atoms with Crippen LogP contribution >= 0.6 is 0 Å². The van der Waals surface area contributed by atoms with Crippen molar-refractivity contribution >= 4 is 13.2 Å². The minimum atomic E-state index is -1.62. The quantitative estimate of drug-likeness (QED) is 0.565. The second-order valence-electron chi connectivity index (χ2n) is 3.89. The van der Waals surface area contributed by atoms with Gasteiger partial charge in [0.25, 0.3) is 0 Å². The molecule has 3 N–H and O–H groups in total. The van der Waals surface area contributed by atoms with Crippen molar-refractivity contribution in [2.24, 2.45) is 0 Å². The van der Waals surface area contributed by atoms with Gasteiger partial charge in [0.1, 0.15) is 5.60 Å². The molecule has 0 saturated carbocycles. The molecule has 0 unspecified atom stereocenters. The zero-order valence-electron chi connectivity index (χ0n) is 8.70. The highest BCUT2D eigenvalue weighted by atomic mass is 16.6. The Morgan fingerprint density at radius 1 is 1.50 bits per heavy atom. The number of rotatable bonds is 3. The first kappa shape index (κ1) is 13.0. The smallest absolute Gasteiger partial charge is 0.444 e. The number of hydrogen-bond donors (Lipinski definition) is 3. The van der Waals surface area contributed by atoms with E-state index in [1.165, 1.54) is 0 Å². The number of ether oxygens (including phenoxy) is 1. The van der Waals surface area contributed by atoms with Crippen molar-refractivity contribution in [1.82, 2.24) is 5.32 Å². The maximum absolute atomic E-state index is 11.0. The molecule has 0 saturated heterocycles. The van der Waals surface area contributed by atoms with Gasteiger partial charge in [-0.2, -0.15) is 0 Å². The van der Waals surface area contributed by atoms with Gasteiger partial charge in [-0.15, -0.1) is 6.58 Å². The summed E-state index contributed by atoms with van der Waals surface area (Å²) in [4.78, 5) is 11.0. The summed E-state index contributed by atoms with van der Waals surface area (Å²) >= 11 is 0. The van der Waals surface area contributed by atoms with Gasteiger partial charge in [-0.25, -0.2) is 4.79 Å². The molecule has 0 rings (SSSR count). The predicted octanol–water partition coefficient (Wildman–Crippen LogP) is 0.0793. The lowest BCUT2D eigenvalue weighted by molar-refractivity contribution is 0.0533. The molecule has 0 aromatic carbocycles. The van der Waals surface area contributed by atoms with Gasteiger partial charge >= 0.3 is 13.2 Å². The Balaban J connectivity index is 3.81. The van der Waals surface area contributed by atoms with Crippen molar-refractivity contribution < 1.29 is 19.6 Å². The monoisotopic (exact) mass is 201 g/mol. The van der Waals surface area contributed by atoms with Crippen LogP contribution in [0, 0.1) is 0 Å². The van der Waals surface area contributed by atoms with Gasteiger partial charge in [-0.1, -0.05) is 0 Å². The number of carbonyl (C=O) groups is 1. The summed E-state index contributed by atoms with van der Waals surface area (Å²) in [6, 6.07) is 0. The molecule has 0 aliphatic carbocycles. The highest BCUT2D eigenvalue weighted by molar-refractivity contribution is 6.50. The second-order valence-corrected chi connectivity index (χ2v) is 3.89. The van der Waals surface area contributed by atoms with Gasteiger partial charge in [0.15, 0.2) is 0 Å². The van der Waals surface area contributed by atoms with Crippen LogP contribution in [0.5, 0.6) is 0 Å². The number of amides is 1. The zero-order chi connectivity index (χ0) is 11.4. The molecule has 0 aromatic heterocycles. The van der Waals surface area contributed by atoms with Crippen molar-refractivity contribution in [2.75, 3.05) is 6.54 Å². The molecule has 1 amide bonds. The molecule has 14 heavy (non-hydrogen) atoms. The minimum Gasteiger partial charge on any atom is -0.444 e. The Kier molecular flexibility index (Phi) is 4.66.